The second-order valence-corrected chi connectivity index (χ2v) is 9.69. The number of carbonyl (C=O) groups excluding carboxylic acids is 1. The zero-order valence-electron chi connectivity index (χ0n) is 24.9. The average molecular weight is 707 g/mol. The molecule has 50 heavy (non-hydrogen) atoms. The fourth-order valence-electron chi connectivity index (χ4n) is 3.69. The predicted octanol–water partition coefficient (Wildman–Crippen LogP) is 7.71. The lowest BCUT2D eigenvalue weighted by Crippen LogP contribution is -2.06. The van der Waals surface area contributed by atoms with Gasteiger partial charge in [0.2, 0.25) is 5.88 Å². The van der Waals surface area contributed by atoms with Crippen LogP contribution in [0.25, 0.3) is 0 Å². The Hall–Kier alpha value is -6.25. The molecule has 0 aliphatic carbocycles. The summed E-state index contributed by atoms with van der Waals surface area (Å²) in [5.41, 5.74) is 0.589. The first-order valence-corrected chi connectivity index (χ1v) is 14.0. The quantitative estimate of drug-likeness (QED) is 0.104. The van der Waals surface area contributed by atoms with Gasteiger partial charge in [-0.15, -0.1) is 0 Å². The number of nitrogens with zero attached hydrogens (tertiary/aromatic N) is 6. The number of hydrogen-bond acceptors (Lipinski definition) is 11. The molecule has 0 radical (unpaired) electrons. The highest BCUT2D eigenvalue weighted by Crippen LogP contribution is 2.24. The molecule has 3 aromatic carbocycles. The molecule has 11 nitrogen and oxygen atoms in total. The van der Waals surface area contributed by atoms with Gasteiger partial charge < -0.3 is 18.9 Å². The van der Waals surface area contributed by atoms with Crippen molar-refractivity contribution in [3.63, 3.8) is 0 Å². The molecule has 0 amide bonds. The third kappa shape index (κ3) is 11.8. The maximum atomic E-state index is 14.1. The summed E-state index contributed by atoms with van der Waals surface area (Å²) in [6, 6.07) is 18.5. The first-order chi connectivity index (χ1) is 23.2. The van der Waals surface area contributed by atoms with Crippen LogP contribution in [0.15, 0.2) is 79.1 Å². The summed E-state index contributed by atoms with van der Waals surface area (Å²) in [7, 11) is 1.23. The van der Waals surface area contributed by atoms with E-state index in [1.54, 1.807) is 0 Å². The van der Waals surface area contributed by atoms with Crippen LogP contribution in [-0.2, 0) is 29.2 Å². The molecule has 0 atom stereocenters. The smallest absolute Gasteiger partial charge is 0.310 e. The molecular formula is C35H30ClF3N6O5. The molecule has 0 saturated carbocycles. The van der Waals surface area contributed by atoms with E-state index in [1.165, 1.54) is 68.0 Å². The monoisotopic (exact) mass is 706 g/mol. The summed E-state index contributed by atoms with van der Waals surface area (Å²) in [5, 5.41) is 17.7. The molecule has 2 aromatic heterocycles. The minimum atomic E-state index is -0.677. The van der Waals surface area contributed by atoms with Gasteiger partial charge >= 0.3 is 5.97 Å². The highest BCUT2D eigenvalue weighted by molar-refractivity contribution is 6.29. The standard InChI is InChI=1S/C21H15F2N3O4.C12H7ClFN3O.2CH4/c1-28-21(27)9-14-3-4-15(10-16(14)22)30-20-6-7-25-19(26-20)12-29-18-5-2-13(11-24)8-17(18)23;13-11-3-4-16-12(17-11)7-18-10-2-1-8(6-15)5-9(10)14;;/h2-8,10H,9,12H2,1H3;1-5H,7H2;2*1H4. The van der Waals surface area contributed by atoms with Crippen molar-refractivity contribution >= 4 is 17.6 Å². The van der Waals surface area contributed by atoms with Gasteiger partial charge in [-0.1, -0.05) is 32.5 Å². The molecule has 0 N–H and O–H groups in total. The highest BCUT2D eigenvalue weighted by Gasteiger charge is 2.12. The number of aromatic nitrogens is 4. The summed E-state index contributed by atoms with van der Waals surface area (Å²) in [6.45, 7) is -0.143. The van der Waals surface area contributed by atoms with Crippen LogP contribution >= 0.6 is 11.6 Å². The number of rotatable bonds is 10. The molecule has 0 saturated heterocycles. The van der Waals surface area contributed by atoms with Crippen molar-refractivity contribution in [2.24, 2.45) is 0 Å². The third-order valence-corrected chi connectivity index (χ3v) is 6.21. The van der Waals surface area contributed by atoms with E-state index in [9.17, 15) is 18.0 Å². The fraction of sp³-hybridized carbons (Fsp3) is 0.171. The Kier molecular flexibility index (Phi) is 15.6. The molecule has 258 valence electrons. The molecule has 0 spiro atoms. The third-order valence-electron chi connectivity index (χ3n) is 6.00. The molecule has 0 fully saturated rings. The Morgan fingerprint density at radius 2 is 1.32 bits per heavy atom. The van der Waals surface area contributed by atoms with Crippen LogP contribution in [-0.4, -0.2) is 33.0 Å². The fourth-order valence-corrected chi connectivity index (χ4v) is 3.85. The van der Waals surface area contributed by atoms with Crippen LogP contribution in [0, 0.1) is 40.1 Å². The lowest BCUT2D eigenvalue weighted by Gasteiger charge is -2.09. The summed E-state index contributed by atoms with van der Waals surface area (Å²) >= 11 is 5.68. The van der Waals surface area contributed by atoms with E-state index in [-0.39, 0.29) is 80.1 Å². The number of ether oxygens (including phenoxy) is 4. The highest BCUT2D eigenvalue weighted by atomic mass is 35.5. The van der Waals surface area contributed by atoms with Crippen molar-refractivity contribution in [2.45, 2.75) is 34.5 Å². The molecule has 0 unspecified atom stereocenters. The van der Waals surface area contributed by atoms with Gasteiger partial charge in [-0.2, -0.15) is 15.5 Å². The van der Waals surface area contributed by atoms with Gasteiger partial charge in [-0.3, -0.25) is 4.79 Å². The summed E-state index contributed by atoms with van der Waals surface area (Å²) in [6.07, 6.45) is 2.71. The molecule has 0 bridgehead atoms. The van der Waals surface area contributed by atoms with E-state index < -0.39 is 23.4 Å². The van der Waals surface area contributed by atoms with E-state index in [1.807, 2.05) is 12.1 Å². The Morgan fingerprint density at radius 1 is 0.760 bits per heavy atom. The second kappa shape index (κ2) is 19.5. The number of halogens is 4. The topological polar surface area (TPSA) is 153 Å². The van der Waals surface area contributed by atoms with Gasteiger partial charge in [0.05, 0.1) is 36.8 Å². The van der Waals surface area contributed by atoms with Crippen LogP contribution in [0.2, 0.25) is 5.15 Å². The van der Waals surface area contributed by atoms with Gasteiger partial charge in [0, 0.05) is 24.5 Å². The Morgan fingerprint density at radius 3 is 1.82 bits per heavy atom. The summed E-state index contributed by atoms with van der Waals surface area (Å²) in [4.78, 5) is 27.3. The second-order valence-electron chi connectivity index (χ2n) is 9.31. The van der Waals surface area contributed by atoms with Gasteiger partial charge in [-0.05, 0) is 54.1 Å². The number of esters is 1. The lowest BCUT2D eigenvalue weighted by molar-refractivity contribution is -0.139. The Bertz CT molecular complexity index is 2010. The van der Waals surface area contributed by atoms with Crippen molar-refractivity contribution in [3.05, 3.63) is 130 Å². The van der Waals surface area contributed by atoms with Crippen molar-refractivity contribution in [2.75, 3.05) is 7.11 Å². The van der Waals surface area contributed by atoms with E-state index in [0.29, 0.717) is 11.0 Å². The van der Waals surface area contributed by atoms with Crippen molar-refractivity contribution in [1.82, 2.24) is 19.9 Å². The van der Waals surface area contributed by atoms with Crippen molar-refractivity contribution < 1.29 is 36.9 Å². The lowest BCUT2D eigenvalue weighted by atomic mass is 10.1. The molecule has 5 rings (SSSR count). The molecule has 5 aromatic rings. The maximum Gasteiger partial charge on any atom is 0.310 e. The molecule has 0 aliphatic heterocycles. The number of hydrogen-bond donors (Lipinski definition) is 0. The van der Waals surface area contributed by atoms with Crippen LogP contribution in [0.4, 0.5) is 13.2 Å². The first-order valence-electron chi connectivity index (χ1n) is 13.6. The van der Waals surface area contributed by atoms with Gasteiger partial charge in [0.1, 0.15) is 29.9 Å². The molecule has 15 heteroatoms. The Balaban J connectivity index is 0.000000373. The van der Waals surface area contributed by atoms with Crippen LogP contribution < -0.4 is 14.2 Å². The maximum absolute atomic E-state index is 14.1. The Labute approximate surface area is 291 Å². The summed E-state index contributed by atoms with van der Waals surface area (Å²) < 4.78 is 62.1. The SMILES string of the molecule is C.C.COC(=O)Cc1ccc(Oc2ccnc(COc3ccc(C#N)cc3F)n2)cc1F.N#Cc1ccc(OCc2nccc(Cl)n2)c(F)c1. The normalized spacial score (nSPS) is 9.66. The number of nitriles is 2. The largest absolute Gasteiger partial charge is 0.483 e. The number of methoxy groups -OCH3 is 1. The minimum absolute atomic E-state index is 0. The van der Waals surface area contributed by atoms with Crippen LogP contribution in [0.1, 0.15) is 43.2 Å². The zero-order chi connectivity index (χ0) is 34.5. The van der Waals surface area contributed by atoms with Crippen molar-refractivity contribution in [3.8, 4) is 35.3 Å². The van der Waals surface area contributed by atoms with E-state index in [0.717, 1.165) is 18.2 Å². The average Bonchev–Trinajstić information content (AvgIpc) is 3.08. The molecule has 2 heterocycles. The van der Waals surface area contributed by atoms with E-state index in [2.05, 4.69) is 24.7 Å². The first kappa shape index (κ1) is 39.9. The predicted molar refractivity (Wildman–Crippen MR) is 176 cm³/mol. The zero-order valence-corrected chi connectivity index (χ0v) is 25.6. The summed E-state index contributed by atoms with van der Waals surface area (Å²) in [5.74, 6) is -1.60. The number of carbonyl (C=O) groups is 1. The van der Waals surface area contributed by atoms with Gasteiger partial charge in [0.25, 0.3) is 0 Å². The molecule has 0 aliphatic rings. The minimum Gasteiger partial charge on any atom is -0.483 e. The number of benzene rings is 3. The van der Waals surface area contributed by atoms with Crippen LogP contribution in [0.3, 0.4) is 0 Å². The van der Waals surface area contributed by atoms with Gasteiger partial charge in [-0.25, -0.2) is 28.1 Å². The van der Waals surface area contributed by atoms with E-state index in [4.69, 9.17) is 36.3 Å². The van der Waals surface area contributed by atoms with Crippen molar-refractivity contribution in [1.29, 1.82) is 10.5 Å². The van der Waals surface area contributed by atoms with E-state index >= 15 is 0 Å². The van der Waals surface area contributed by atoms with Crippen LogP contribution in [0.5, 0.6) is 23.1 Å². The molecular weight excluding hydrogens is 677 g/mol. The van der Waals surface area contributed by atoms with Gasteiger partial charge in [0.15, 0.2) is 34.8 Å².